The molecule has 26 heavy (non-hydrogen) atoms. The first-order chi connectivity index (χ1) is 12.3. The SMILES string of the molecule is CC1(CS(=O)(=O)N2CC=C(C#CC3CCCCC3)CC2)NC(=O)NC1=O. The van der Waals surface area contributed by atoms with Gasteiger partial charge < -0.3 is 5.32 Å². The average Bonchev–Trinajstić information content (AvgIpc) is 2.85. The zero-order valence-corrected chi connectivity index (χ0v) is 15.8. The Hall–Kier alpha value is -1.85. The lowest BCUT2D eigenvalue weighted by Crippen LogP contribution is -2.52. The summed E-state index contributed by atoms with van der Waals surface area (Å²) in [6.45, 7) is 2.02. The van der Waals surface area contributed by atoms with Gasteiger partial charge in [-0.3, -0.25) is 10.1 Å². The summed E-state index contributed by atoms with van der Waals surface area (Å²) in [5.41, 5.74) is -0.444. The Balaban J connectivity index is 1.61. The second-order valence-corrected chi connectivity index (χ2v) is 9.41. The third kappa shape index (κ3) is 4.27. The summed E-state index contributed by atoms with van der Waals surface area (Å²) < 4.78 is 26.6. The van der Waals surface area contributed by atoms with E-state index in [4.69, 9.17) is 0 Å². The van der Waals surface area contributed by atoms with Gasteiger partial charge in [0.2, 0.25) is 10.0 Å². The number of hydrogen-bond acceptors (Lipinski definition) is 4. The topological polar surface area (TPSA) is 95.6 Å². The minimum atomic E-state index is -3.68. The van der Waals surface area contributed by atoms with Crippen LogP contribution >= 0.6 is 0 Å². The Morgan fingerprint density at radius 1 is 1.27 bits per heavy atom. The molecule has 0 aromatic heterocycles. The van der Waals surface area contributed by atoms with E-state index in [2.05, 4.69) is 22.5 Å². The third-order valence-corrected chi connectivity index (χ3v) is 7.26. The molecule has 7 nitrogen and oxygen atoms in total. The van der Waals surface area contributed by atoms with Crippen molar-refractivity contribution in [3.63, 3.8) is 0 Å². The number of urea groups is 1. The van der Waals surface area contributed by atoms with Crippen LogP contribution in [0, 0.1) is 17.8 Å². The standard InChI is InChI=1S/C18H25N3O4S/c1-18(16(22)19-17(23)20-18)13-26(24,25)21-11-9-15(10-12-21)8-7-14-5-3-2-4-6-14/h9,14H,2-6,10-13H2,1H3,(H2,19,20,22,23). The highest BCUT2D eigenvalue weighted by Crippen LogP contribution is 2.23. The van der Waals surface area contributed by atoms with Crippen molar-refractivity contribution in [2.75, 3.05) is 18.8 Å². The molecular weight excluding hydrogens is 354 g/mol. The quantitative estimate of drug-likeness (QED) is 0.568. The molecule has 1 aliphatic carbocycles. The first-order valence-corrected chi connectivity index (χ1v) is 10.7. The van der Waals surface area contributed by atoms with Crippen molar-refractivity contribution in [1.29, 1.82) is 0 Å². The van der Waals surface area contributed by atoms with Gasteiger partial charge in [0, 0.05) is 24.6 Å². The van der Waals surface area contributed by atoms with Crippen LogP contribution in [0.4, 0.5) is 4.79 Å². The molecule has 0 aromatic rings. The van der Waals surface area contributed by atoms with Crippen LogP contribution in [0.3, 0.4) is 0 Å². The summed E-state index contributed by atoms with van der Waals surface area (Å²) in [4.78, 5) is 23.1. The molecule has 3 aliphatic rings. The van der Waals surface area contributed by atoms with Gasteiger partial charge in [0.25, 0.3) is 5.91 Å². The molecule has 1 saturated carbocycles. The molecule has 3 rings (SSSR count). The molecule has 142 valence electrons. The number of imide groups is 1. The van der Waals surface area contributed by atoms with E-state index in [1.807, 2.05) is 6.08 Å². The van der Waals surface area contributed by atoms with E-state index in [9.17, 15) is 18.0 Å². The predicted octanol–water partition coefficient (Wildman–Crippen LogP) is 1.13. The number of rotatable bonds is 3. The maximum Gasteiger partial charge on any atom is 0.322 e. The van der Waals surface area contributed by atoms with Crippen LogP contribution in [0.15, 0.2) is 11.6 Å². The molecule has 0 radical (unpaired) electrons. The molecule has 0 spiro atoms. The van der Waals surface area contributed by atoms with Gasteiger partial charge in [-0.15, -0.1) is 0 Å². The summed E-state index contributed by atoms with van der Waals surface area (Å²) in [5.74, 6) is 5.96. The summed E-state index contributed by atoms with van der Waals surface area (Å²) >= 11 is 0. The number of sulfonamides is 1. The zero-order chi connectivity index (χ0) is 18.8. The molecular formula is C18H25N3O4S. The van der Waals surface area contributed by atoms with E-state index < -0.39 is 33.3 Å². The van der Waals surface area contributed by atoms with Gasteiger partial charge >= 0.3 is 6.03 Å². The average molecular weight is 379 g/mol. The molecule has 0 bridgehead atoms. The summed E-state index contributed by atoms with van der Waals surface area (Å²) in [5, 5.41) is 4.48. The van der Waals surface area contributed by atoms with Crippen LogP contribution in [0.2, 0.25) is 0 Å². The minimum Gasteiger partial charge on any atom is -0.322 e. The fraction of sp³-hybridized carbons (Fsp3) is 0.667. The molecule has 1 unspecified atom stereocenters. The summed E-state index contributed by atoms with van der Waals surface area (Å²) in [6, 6.07) is -0.661. The van der Waals surface area contributed by atoms with Gasteiger partial charge in [0.1, 0.15) is 5.54 Å². The molecule has 1 saturated heterocycles. The highest BCUT2D eigenvalue weighted by molar-refractivity contribution is 7.89. The van der Waals surface area contributed by atoms with E-state index >= 15 is 0 Å². The van der Waals surface area contributed by atoms with Crippen LogP contribution in [0.25, 0.3) is 0 Å². The Kier molecular flexibility index (Phi) is 5.39. The number of nitrogens with zero attached hydrogens (tertiary/aromatic N) is 1. The Bertz CT molecular complexity index is 787. The van der Waals surface area contributed by atoms with Crippen LogP contribution in [0.1, 0.15) is 45.4 Å². The first-order valence-electron chi connectivity index (χ1n) is 9.10. The van der Waals surface area contributed by atoms with Gasteiger partial charge in [0.15, 0.2) is 0 Å². The van der Waals surface area contributed by atoms with Crippen molar-refractivity contribution < 1.29 is 18.0 Å². The lowest BCUT2D eigenvalue weighted by Gasteiger charge is -2.28. The highest BCUT2D eigenvalue weighted by Gasteiger charge is 2.46. The largest absolute Gasteiger partial charge is 0.322 e. The Labute approximate surface area is 154 Å². The van der Waals surface area contributed by atoms with Crippen molar-refractivity contribution in [2.24, 2.45) is 5.92 Å². The predicted molar refractivity (Wildman–Crippen MR) is 97.5 cm³/mol. The molecule has 2 fully saturated rings. The molecule has 0 aromatic carbocycles. The van der Waals surface area contributed by atoms with E-state index in [0.717, 1.165) is 18.4 Å². The molecule has 8 heteroatoms. The maximum atomic E-state index is 12.6. The van der Waals surface area contributed by atoms with Crippen molar-refractivity contribution in [1.82, 2.24) is 14.9 Å². The number of carbonyl (C=O) groups is 2. The van der Waals surface area contributed by atoms with Gasteiger partial charge in [-0.05, 0) is 26.2 Å². The highest BCUT2D eigenvalue weighted by atomic mass is 32.2. The zero-order valence-electron chi connectivity index (χ0n) is 15.0. The number of nitrogens with one attached hydrogen (secondary N) is 2. The first kappa shape index (κ1) is 18.9. The monoisotopic (exact) mass is 379 g/mol. The lowest BCUT2D eigenvalue weighted by atomic mass is 9.89. The van der Waals surface area contributed by atoms with Gasteiger partial charge in [-0.1, -0.05) is 37.2 Å². The second-order valence-electron chi connectivity index (χ2n) is 7.44. The molecule has 3 amide bonds. The minimum absolute atomic E-state index is 0.253. The van der Waals surface area contributed by atoms with Crippen LogP contribution in [-0.4, -0.2) is 49.0 Å². The number of carbonyl (C=O) groups excluding carboxylic acids is 2. The maximum absolute atomic E-state index is 12.6. The van der Waals surface area contributed by atoms with E-state index in [-0.39, 0.29) is 6.54 Å². The summed E-state index contributed by atoms with van der Waals surface area (Å²) in [6.07, 6.45) is 8.53. The van der Waals surface area contributed by atoms with E-state index in [0.29, 0.717) is 18.9 Å². The Morgan fingerprint density at radius 2 is 2.00 bits per heavy atom. The normalized spacial score (nSPS) is 28.0. The number of hydrogen-bond donors (Lipinski definition) is 2. The van der Waals surface area contributed by atoms with Crippen LogP contribution in [0.5, 0.6) is 0 Å². The van der Waals surface area contributed by atoms with Crippen molar-refractivity contribution in [3.05, 3.63) is 11.6 Å². The summed E-state index contributed by atoms with van der Waals surface area (Å²) in [7, 11) is -3.68. The van der Waals surface area contributed by atoms with Crippen LogP contribution in [-0.2, 0) is 14.8 Å². The van der Waals surface area contributed by atoms with Crippen molar-refractivity contribution in [2.45, 2.75) is 51.0 Å². The molecule has 2 heterocycles. The Morgan fingerprint density at radius 3 is 2.58 bits per heavy atom. The van der Waals surface area contributed by atoms with Gasteiger partial charge in [-0.2, -0.15) is 4.31 Å². The number of amides is 3. The fourth-order valence-corrected chi connectivity index (χ4v) is 5.38. The third-order valence-electron chi connectivity index (χ3n) is 5.20. The van der Waals surface area contributed by atoms with Crippen molar-refractivity contribution in [3.8, 4) is 11.8 Å². The van der Waals surface area contributed by atoms with Gasteiger partial charge in [0.05, 0.1) is 5.75 Å². The smallest absolute Gasteiger partial charge is 0.322 e. The van der Waals surface area contributed by atoms with Gasteiger partial charge in [-0.25, -0.2) is 13.2 Å². The second kappa shape index (κ2) is 7.41. The molecule has 2 N–H and O–H groups in total. The van der Waals surface area contributed by atoms with E-state index in [1.54, 1.807) is 0 Å². The molecule has 2 aliphatic heterocycles. The van der Waals surface area contributed by atoms with E-state index in [1.165, 1.54) is 30.5 Å². The lowest BCUT2D eigenvalue weighted by molar-refractivity contribution is -0.122. The van der Waals surface area contributed by atoms with Crippen molar-refractivity contribution >= 4 is 22.0 Å². The molecule has 1 atom stereocenters. The fourth-order valence-electron chi connectivity index (χ4n) is 3.60. The van der Waals surface area contributed by atoms with Crippen LogP contribution < -0.4 is 10.6 Å².